The molecule has 3 heterocycles. The van der Waals surface area contributed by atoms with Crippen molar-refractivity contribution in [2.75, 3.05) is 43.4 Å². The van der Waals surface area contributed by atoms with E-state index in [9.17, 15) is 14.4 Å². The Morgan fingerprint density at radius 2 is 1.52 bits per heavy atom. The highest BCUT2D eigenvalue weighted by molar-refractivity contribution is 7.99. The first-order valence-electron chi connectivity index (χ1n) is 11.6. The van der Waals surface area contributed by atoms with E-state index >= 15 is 0 Å². The van der Waals surface area contributed by atoms with Crippen molar-refractivity contribution in [2.24, 2.45) is 11.8 Å². The van der Waals surface area contributed by atoms with Crippen LogP contribution in [0.1, 0.15) is 45.4 Å². The summed E-state index contributed by atoms with van der Waals surface area (Å²) in [7, 11) is 0. The Morgan fingerprint density at radius 1 is 0.871 bits per heavy atom. The van der Waals surface area contributed by atoms with Gasteiger partial charge in [-0.15, -0.1) is 11.8 Å². The van der Waals surface area contributed by atoms with E-state index in [2.05, 4.69) is 6.92 Å². The van der Waals surface area contributed by atoms with Gasteiger partial charge in [-0.1, -0.05) is 19.1 Å². The number of thioether (sulfide) groups is 1. The fourth-order valence-corrected chi connectivity index (χ4v) is 5.79. The number of fused-ring (bicyclic) bond motifs is 1. The highest BCUT2D eigenvalue weighted by atomic mass is 32.2. The van der Waals surface area contributed by atoms with Crippen molar-refractivity contribution in [3.63, 3.8) is 0 Å². The zero-order chi connectivity index (χ0) is 21.8. The summed E-state index contributed by atoms with van der Waals surface area (Å²) < 4.78 is 0. The third-order valence-electron chi connectivity index (χ3n) is 6.87. The molecule has 6 nitrogen and oxygen atoms in total. The molecule has 0 spiro atoms. The van der Waals surface area contributed by atoms with Crippen LogP contribution >= 0.6 is 11.8 Å². The van der Waals surface area contributed by atoms with Gasteiger partial charge in [0.2, 0.25) is 17.7 Å². The molecule has 7 heteroatoms. The minimum Gasteiger partial charge on any atom is -0.343 e. The summed E-state index contributed by atoms with van der Waals surface area (Å²) in [4.78, 5) is 45.1. The van der Waals surface area contributed by atoms with Gasteiger partial charge in [0.15, 0.2) is 0 Å². The molecule has 31 heavy (non-hydrogen) atoms. The third kappa shape index (κ3) is 5.25. The van der Waals surface area contributed by atoms with Crippen molar-refractivity contribution in [1.82, 2.24) is 9.80 Å². The number of anilines is 1. The van der Waals surface area contributed by atoms with Crippen molar-refractivity contribution in [3.05, 3.63) is 24.3 Å². The smallest absolute Gasteiger partial charge is 0.227 e. The number of carbonyl (C=O) groups is 3. The number of hydrogen-bond donors (Lipinski definition) is 0. The Balaban J connectivity index is 1.23. The second-order valence-electron chi connectivity index (χ2n) is 9.02. The number of amides is 3. The Kier molecular flexibility index (Phi) is 7.20. The molecule has 0 saturated carbocycles. The van der Waals surface area contributed by atoms with Crippen LogP contribution in [0.15, 0.2) is 29.2 Å². The number of carbonyl (C=O) groups excluding carboxylic acids is 3. The van der Waals surface area contributed by atoms with Crippen LogP contribution in [0.5, 0.6) is 0 Å². The summed E-state index contributed by atoms with van der Waals surface area (Å²) in [5.41, 5.74) is 0.961. The summed E-state index contributed by atoms with van der Waals surface area (Å²) >= 11 is 1.77. The van der Waals surface area contributed by atoms with Crippen LogP contribution in [0.4, 0.5) is 5.69 Å². The van der Waals surface area contributed by atoms with Gasteiger partial charge in [0.05, 0.1) is 5.69 Å². The van der Waals surface area contributed by atoms with Gasteiger partial charge in [0.25, 0.3) is 0 Å². The van der Waals surface area contributed by atoms with E-state index in [1.54, 1.807) is 11.8 Å². The monoisotopic (exact) mass is 443 g/mol. The molecule has 0 N–H and O–H groups in total. The molecule has 0 aromatic heterocycles. The molecule has 3 amide bonds. The maximum Gasteiger partial charge on any atom is 0.227 e. The molecule has 1 aromatic carbocycles. The Hall–Kier alpha value is -2.02. The first-order valence-corrected chi connectivity index (χ1v) is 12.6. The predicted octanol–water partition coefficient (Wildman–Crippen LogP) is 3.40. The highest BCUT2D eigenvalue weighted by Gasteiger charge is 2.32. The minimum atomic E-state index is 0.0190. The van der Waals surface area contributed by atoms with Crippen LogP contribution in [-0.2, 0) is 14.4 Å². The second-order valence-corrected chi connectivity index (χ2v) is 10.2. The molecular weight excluding hydrogens is 410 g/mol. The van der Waals surface area contributed by atoms with Crippen LogP contribution in [0, 0.1) is 11.8 Å². The van der Waals surface area contributed by atoms with Crippen LogP contribution in [0.3, 0.4) is 0 Å². The average molecular weight is 444 g/mol. The van der Waals surface area contributed by atoms with E-state index in [1.165, 1.54) is 0 Å². The zero-order valence-electron chi connectivity index (χ0n) is 18.4. The largest absolute Gasteiger partial charge is 0.343 e. The summed E-state index contributed by atoms with van der Waals surface area (Å²) in [5.74, 6) is 1.96. The topological polar surface area (TPSA) is 60.9 Å². The lowest BCUT2D eigenvalue weighted by Gasteiger charge is -2.37. The Morgan fingerprint density at radius 3 is 2.26 bits per heavy atom. The SMILES string of the molecule is CC1CCN(C(=O)C2CCN(C(=O)CCC(=O)N3CCSc4ccccc43)CC2)CC1. The van der Waals surface area contributed by atoms with Crippen molar-refractivity contribution >= 4 is 35.2 Å². The second kappa shape index (κ2) is 10.1. The van der Waals surface area contributed by atoms with E-state index in [-0.39, 0.29) is 36.5 Å². The summed E-state index contributed by atoms with van der Waals surface area (Å²) in [6, 6.07) is 7.96. The van der Waals surface area contributed by atoms with Gasteiger partial charge in [-0.25, -0.2) is 0 Å². The maximum absolute atomic E-state index is 12.8. The molecule has 3 aliphatic heterocycles. The number of likely N-dealkylation sites (tertiary alicyclic amines) is 2. The molecule has 0 aliphatic carbocycles. The van der Waals surface area contributed by atoms with Gasteiger partial charge >= 0.3 is 0 Å². The molecule has 2 saturated heterocycles. The fraction of sp³-hybridized carbons (Fsp3) is 0.625. The highest BCUT2D eigenvalue weighted by Crippen LogP contribution is 2.34. The van der Waals surface area contributed by atoms with Gasteiger partial charge in [0.1, 0.15) is 0 Å². The van der Waals surface area contributed by atoms with Crippen molar-refractivity contribution in [2.45, 2.75) is 50.3 Å². The van der Waals surface area contributed by atoms with Gasteiger partial charge < -0.3 is 14.7 Å². The van der Waals surface area contributed by atoms with Crippen molar-refractivity contribution < 1.29 is 14.4 Å². The summed E-state index contributed by atoms with van der Waals surface area (Å²) in [6.07, 6.45) is 4.15. The zero-order valence-corrected chi connectivity index (χ0v) is 19.2. The lowest BCUT2D eigenvalue weighted by molar-refractivity contribution is -0.142. The number of para-hydroxylation sites is 1. The first kappa shape index (κ1) is 22.2. The average Bonchev–Trinajstić information content (AvgIpc) is 2.82. The molecule has 0 atom stereocenters. The molecular formula is C24H33N3O3S. The Bertz CT molecular complexity index is 814. The maximum atomic E-state index is 12.8. The molecule has 0 radical (unpaired) electrons. The van der Waals surface area contributed by atoms with Gasteiger partial charge in [-0.05, 0) is 43.7 Å². The van der Waals surface area contributed by atoms with Crippen LogP contribution < -0.4 is 4.90 Å². The molecule has 2 fully saturated rings. The van der Waals surface area contributed by atoms with Crippen LogP contribution in [-0.4, -0.2) is 66.0 Å². The van der Waals surface area contributed by atoms with E-state index < -0.39 is 0 Å². The van der Waals surface area contributed by atoms with E-state index in [4.69, 9.17) is 0 Å². The Labute approximate surface area is 189 Å². The molecule has 168 valence electrons. The lowest BCUT2D eigenvalue weighted by Crippen LogP contribution is -2.46. The predicted molar refractivity (Wildman–Crippen MR) is 123 cm³/mol. The quantitative estimate of drug-likeness (QED) is 0.716. The molecule has 3 aliphatic rings. The number of benzene rings is 1. The first-order chi connectivity index (χ1) is 15.0. The lowest BCUT2D eigenvalue weighted by atomic mass is 9.92. The van der Waals surface area contributed by atoms with E-state index in [1.807, 2.05) is 39.0 Å². The van der Waals surface area contributed by atoms with Gasteiger partial charge in [-0.2, -0.15) is 0 Å². The standard InChI is InChI=1S/C24H33N3O3S/c1-18-8-12-26(13-9-18)24(30)19-10-14-25(15-11-19)22(28)6-7-23(29)27-16-17-31-21-5-3-2-4-20(21)27/h2-5,18-19H,6-17H2,1H3. The van der Waals surface area contributed by atoms with Crippen molar-refractivity contribution in [1.29, 1.82) is 0 Å². The van der Waals surface area contributed by atoms with E-state index in [0.717, 1.165) is 55.1 Å². The summed E-state index contributed by atoms with van der Waals surface area (Å²) in [5, 5.41) is 0. The summed E-state index contributed by atoms with van der Waals surface area (Å²) in [6.45, 7) is 5.93. The number of rotatable bonds is 4. The normalized spacial score (nSPS) is 20.5. The van der Waals surface area contributed by atoms with E-state index in [0.29, 0.717) is 25.6 Å². The van der Waals surface area contributed by atoms with Gasteiger partial charge in [-0.3, -0.25) is 14.4 Å². The number of nitrogens with zero attached hydrogens (tertiary/aromatic N) is 3. The van der Waals surface area contributed by atoms with Crippen molar-refractivity contribution in [3.8, 4) is 0 Å². The molecule has 4 rings (SSSR count). The molecule has 1 aromatic rings. The minimum absolute atomic E-state index is 0.0190. The third-order valence-corrected chi connectivity index (χ3v) is 7.92. The molecule has 0 unspecified atom stereocenters. The van der Waals surface area contributed by atoms with Crippen LogP contribution in [0.25, 0.3) is 0 Å². The number of piperidine rings is 2. The molecule has 0 bridgehead atoms. The van der Waals surface area contributed by atoms with Crippen LogP contribution in [0.2, 0.25) is 0 Å². The van der Waals surface area contributed by atoms with Gasteiger partial charge in [0, 0.05) is 62.1 Å². The fourth-order valence-electron chi connectivity index (χ4n) is 4.80. The number of hydrogen-bond acceptors (Lipinski definition) is 4.